The van der Waals surface area contributed by atoms with Gasteiger partial charge in [0.15, 0.2) is 0 Å². The lowest BCUT2D eigenvalue weighted by Crippen LogP contribution is -2.47. The maximum absolute atomic E-state index is 11.7. The van der Waals surface area contributed by atoms with Crippen molar-refractivity contribution in [2.75, 3.05) is 7.11 Å². The molecule has 2 atom stereocenters. The summed E-state index contributed by atoms with van der Waals surface area (Å²) in [6.45, 7) is 4.30. The van der Waals surface area contributed by atoms with Crippen LogP contribution in [0, 0.1) is 0 Å². The highest BCUT2D eigenvalue weighted by Crippen LogP contribution is 2.32. The Morgan fingerprint density at radius 3 is 2.85 bits per heavy atom. The first-order valence-corrected chi connectivity index (χ1v) is 7.08. The number of carbonyl (C=O) groups is 1. The fourth-order valence-electron chi connectivity index (χ4n) is 2.66. The van der Waals surface area contributed by atoms with Crippen LogP contribution in [0.4, 0.5) is 0 Å². The quantitative estimate of drug-likeness (QED) is 0.859. The van der Waals surface area contributed by atoms with E-state index in [1.54, 1.807) is 0 Å². The Kier molecular flexibility index (Phi) is 4.33. The van der Waals surface area contributed by atoms with Gasteiger partial charge in [0, 0.05) is 6.42 Å². The number of methoxy groups -OCH3 is 1. The molecule has 4 heteroatoms. The van der Waals surface area contributed by atoms with Crippen LogP contribution in [0.1, 0.15) is 44.6 Å². The molecule has 1 aromatic carbocycles. The van der Waals surface area contributed by atoms with Gasteiger partial charge in [-0.15, -0.1) is 0 Å². The van der Waals surface area contributed by atoms with Gasteiger partial charge in [0.1, 0.15) is 17.4 Å². The van der Waals surface area contributed by atoms with Crippen LogP contribution in [0.15, 0.2) is 24.3 Å². The third-order valence-electron chi connectivity index (χ3n) is 3.92. The van der Waals surface area contributed by atoms with Crippen molar-refractivity contribution in [3.63, 3.8) is 0 Å². The number of nitrogens with two attached hydrogens (primary N) is 1. The van der Waals surface area contributed by atoms with Crippen molar-refractivity contribution in [2.45, 2.75) is 50.7 Å². The standard InChI is InChI=1S/C16H23NO3/c1-11(2)12-5-4-6-13(9-12)20-14-7-8-16(17,10-14)15(18)19-3/h4-6,9,11,14H,7-8,10,17H2,1-3H3. The molecule has 1 fully saturated rings. The Hall–Kier alpha value is -1.55. The fourth-order valence-corrected chi connectivity index (χ4v) is 2.66. The van der Waals surface area contributed by atoms with Crippen LogP contribution in [0.2, 0.25) is 0 Å². The lowest BCUT2D eigenvalue weighted by Gasteiger charge is -2.21. The van der Waals surface area contributed by atoms with Gasteiger partial charge in [0.25, 0.3) is 0 Å². The van der Waals surface area contributed by atoms with E-state index in [0.29, 0.717) is 18.8 Å². The molecule has 1 saturated carbocycles. The first-order valence-electron chi connectivity index (χ1n) is 7.08. The molecule has 2 unspecified atom stereocenters. The van der Waals surface area contributed by atoms with Gasteiger partial charge in [-0.2, -0.15) is 0 Å². The molecule has 0 spiro atoms. The molecule has 0 aliphatic heterocycles. The van der Waals surface area contributed by atoms with E-state index in [2.05, 4.69) is 26.0 Å². The minimum absolute atomic E-state index is 0.0264. The summed E-state index contributed by atoms with van der Waals surface area (Å²) in [6.07, 6.45) is 1.86. The summed E-state index contributed by atoms with van der Waals surface area (Å²) < 4.78 is 10.7. The van der Waals surface area contributed by atoms with Gasteiger partial charge >= 0.3 is 5.97 Å². The Morgan fingerprint density at radius 1 is 1.45 bits per heavy atom. The molecule has 0 saturated heterocycles. The Bertz CT molecular complexity index is 486. The lowest BCUT2D eigenvalue weighted by molar-refractivity contribution is -0.147. The Balaban J connectivity index is 2.02. The molecule has 2 N–H and O–H groups in total. The van der Waals surface area contributed by atoms with Gasteiger partial charge in [-0.1, -0.05) is 26.0 Å². The minimum atomic E-state index is -0.894. The van der Waals surface area contributed by atoms with Crippen LogP contribution in [-0.4, -0.2) is 24.7 Å². The molecule has 1 aliphatic carbocycles. The third-order valence-corrected chi connectivity index (χ3v) is 3.92. The molecule has 0 heterocycles. The van der Waals surface area contributed by atoms with Crippen molar-refractivity contribution in [3.8, 4) is 5.75 Å². The highest BCUT2D eigenvalue weighted by molar-refractivity contribution is 5.80. The van der Waals surface area contributed by atoms with E-state index in [0.717, 1.165) is 12.2 Å². The van der Waals surface area contributed by atoms with E-state index < -0.39 is 5.54 Å². The zero-order valence-corrected chi connectivity index (χ0v) is 12.4. The topological polar surface area (TPSA) is 61.5 Å². The second kappa shape index (κ2) is 5.83. The SMILES string of the molecule is COC(=O)C1(N)CCC(Oc2cccc(C(C)C)c2)C1. The molecular formula is C16H23NO3. The average molecular weight is 277 g/mol. The second-order valence-corrected chi connectivity index (χ2v) is 5.86. The summed E-state index contributed by atoms with van der Waals surface area (Å²) in [5, 5.41) is 0. The molecule has 0 amide bonds. The van der Waals surface area contributed by atoms with Crippen molar-refractivity contribution < 1.29 is 14.3 Å². The summed E-state index contributed by atoms with van der Waals surface area (Å²) in [4.78, 5) is 11.7. The fraction of sp³-hybridized carbons (Fsp3) is 0.562. The Labute approximate surface area is 120 Å². The van der Waals surface area contributed by atoms with Crippen molar-refractivity contribution in [1.82, 2.24) is 0 Å². The largest absolute Gasteiger partial charge is 0.490 e. The van der Waals surface area contributed by atoms with E-state index in [9.17, 15) is 4.79 Å². The van der Waals surface area contributed by atoms with Crippen LogP contribution in [-0.2, 0) is 9.53 Å². The molecule has 4 nitrogen and oxygen atoms in total. The molecule has 110 valence electrons. The number of benzene rings is 1. The van der Waals surface area contributed by atoms with Crippen molar-refractivity contribution in [3.05, 3.63) is 29.8 Å². The summed E-state index contributed by atoms with van der Waals surface area (Å²) in [5.74, 6) is 0.959. The zero-order chi connectivity index (χ0) is 14.8. The van der Waals surface area contributed by atoms with E-state index in [1.165, 1.54) is 12.7 Å². The van der Waals surface area contributed by atoms with Crippen LogP contribution in [0.25, 0.3) is 0 Å². The first kappa shape index (κ1) is 14.9. The molecule has 0 aromatic heterocycles. The number of carbonyl (C=O) groups excluding carboxylic acids is 1. The van der Waals surface area contributed by atoms with Crippen molar-refractivity contribution >= 4 is 5.97 Å². The molecule has 1 aliphatic rings. The number of hydrogen-bond acceptors (Lipinski definition) is 4. The smallest absolute Gasteiger partial charge is 0.325 e. The second-order valence-electron chi connectivity index (χ2n) is 5.86. The van der Waals surface area contributed by atoms with Crippen LogP contribution in [0.5, 0.6) is 5.75 Å². The van der Waals surface area contributed by atoms with Crippen molar-refractivity contribution in [1.29, 1.82) is 0 Å². The summed E-state index contributed by atoms with van der Waals surface area (Å²) >= 11 is 0. The van der Waals surface area contributed by atoms with Crippen LogP contribution in [0.3, 0.4) is 0 Å². The van der Waals surface area contributed by atoms with E-state index in [4.69, 9.17) is 15.2 Å². The lowest BCUT2D eigenvalue weighted by atomic mass is 9.99. The number of hydrogen-bond donors (Lipinski definition) is 1. The van der Waals surface area contributed by atoms with Crippen molar-refractivity contribution in [2.24, 2.45) is 5.73 Å². The normalized spacial score (nSPS) is 25.8. The maximum atomic E-state index is 11.7. The van der Waals surface area contributed by atoms with E-state index in [-0.39, 0.29) is 12.1 Å². The van der Waals surface area contributed by atoms with Gasteiger partial charge in [-0.3, -0.25) is 4.79 Å². The molecular weight excluding hydrogens is 254 g/mol. The number of ether oxygens (including phenoxy) is 2. The van der Waals surface area contributed by atoms with Gasteiger partial charge < -0.3 is 15.2 Å². The predicted molar refractivity (Wildman–Crippen MR) is 77.7 cm³/mol. The average Bonchev–Trinajstić information content (AvgIpc) is 2.80. The predicted octanol–water partition coefficient (Wildman–Crippen LogP) is 2.61. The van der Waals surface area contributed by atoms with Gasteiger partial charge in [-0.05, 0) is 36.5 Å². The first-order chi connectivity index (χ1) is 9.44. The van der Waals surface area contributed by atoms with Gasteiger partial charge in [0.2, 0.25) is 0 Å². The van der Waals surface area contributed by atoms with E-state index >= 15 is 0 Å². The third kappa shape index (κ3) is 3.12. The highest BCUT2D eigenvalue weighted by atomic mass is 16.5. The summed E-state index contributed by atoms with van der Waals surface area (Å²) in [5.41, 5.74) is 6.43. The summed E-state index contributed by atoms with van der Waals surface area (Å²) in [7, 11) is 1.37. The minimum Gasteiger partial charge on any atom is -0.490 e. The van der Waals surface area contributed by atoms with Crippen LogP contribution < -0.4 is 10.5 Å². The van der Waals surface area contributed by atoms with Gasteiger partial charge in [-0.25, -0.2) is 0 Å². The number of rotatable bonds is 4. The molecule has 0 bridgehead atoms. The maximum Gasteiger partial charge on any atom is 0.325 e. The zero-order valence-electron chi connectivity index (χ0n) is 12.4. The molecule has 1 aromatic rings. The van der Waals surface area contributed by atoms with Crippen LogP contribution >= 0.6 is 0 Å². The molecule has 2 rings (SSSR count). The Morgan fingerprint density at radius 2 is 2.20 bits per heavy atom. The molecule has 20 heavy (non-hydrogen) atoms. The molecule has 0 radical (unpaired) electrons. The van der Waals surface area contributed by atoms with E-state index in [1.807, 2.05) is 12.1 Å². The highest BCUT2D eigenvalue weighted by Gasteiger charge is 2.44. The monoisotopic (exact) mass is 277 g/mol. The van der Waals surface area contributed by atoms with Gasteiger partial charge in [0.05, 0.1) is 7.11 Å². The summed E-state index contributed by atoms with van der Waals surface area (Å²) in [6, 6.07) is 8.09. The number of esters is 1.